The number of fused-ring (bicyclic) bond motifs is 1. The largest absolute Gasteiger partial charge is 0.465 e. The molecule has 0 aromatic heterocycles. The van der Waals surface area contributed by atoms with Gasteiger partial charge in [-0.3, -0.25) is 4.79 Å². The monoisotopic (exact) mass is 550 g/mol. The molecule has 0 saturated heterocycles. The van der Waals surface area contributed by atoms with Crippen molar-refractivity contribution in [2.75, 3.05) is 37.1 Å². The molecule has 0 aliphatic carbocycles. The van der Waals surface area contributed by atoms with Crippen molar-refractivity contribution in [1.82, 2.24) is 4.31 Å². The highest BCUT2D eigenvalue weighted by Gasteiger charge is 2.46. The molecule has 2 aromatic carbocycles. The van der Waals surface area contributed by atoms with Gasteiger partial charge in [-0.1, -0.05) is 44.9 Å². The Kier molecular flexibility index (Phi) is 10.2. The van der Waals surface area contributed by atoms with E-state index in [2.05, 4.69) is 18.7 Å². The van der Waals surface area contributed by atoms with Crippen LogP contribution in [0.25, 0.3) is 0 Å². The number of rotatable bonds is 11. The zero-order valence-corrected chi connectivity index (χ0v) is 24.4. The van der Waals surface area contributed by atoms with Gasteiger partial charge in [-0.2, -0.15) is 4.31 Å². The lowest BCUT2D eigenvalue weighted by Crippen LogP contribution is -2.53. The molecule has 198 valence electrons. The molecule has 1 aliphatic heterocycles. The second-order valence-corrected chi connectivity index (χ2v) is 12.8. The Balaban J connectivity index is 2.16. The van der Waals surface area contributed by atoms with Crippen molar-refractivity contribution in [3.05, 3.63) is 48.0 Å². The number of thioether (sulfide) groups is 2. The average Bonchev–Trinajstić information content (AvgIpc) is 2.95. The Bertz CT molecular complexity index is 1140. The first-order valence-electron chi connectivity index (χ1n) is 12.5. The lowest BCUT2D eigenvalue weighted by atomic mass is 9.88. The number of anilines is 2. The topological polar surface area (TPSA) is 66.9 Å². The Morgan fingerprint density at radius 3 is 2.47 bits per heavy atom. The third kappa shape index (κ3) is 6.06. The van der Waals surface area contributed by atoms with Crippen molar-refractivity contribution in [2.45, 2.75) is 67.5 Å². The Morgan fingerprint density at radius 1 is 1.14 bits per heavy atom. The predicted octanol–water partition coefficient (Wildman–Crippen LogP) is 6.32. The van der Waals surface area contributed by atoms with E-state index in [-0.39, 0.29) is 11.7 Å². The molecule has 0 radical (unpaired) electrons. The molecule has 0 N–H and O–H groups in total. The number of carbonyl (C=O) groups is 1. The number of esters is 1. The molecule has 1 atom stereocenters. The van der Waals surface area contributed by atoms with Gasteiger partial charge >= 0.3 is 5.97 Å². The molecule has 0 saturated carbocycles. The van der Waals surface area contributed by atoms with Gasteiger partial charge in [0.25, 0.3) is 0 Å². The highest BCUT2D eigenvalue weighted by atomic mass is 32.2. The summed E-state index contributed by atoms with van der Waals surface area (Å²) in [6.45, 7) is 6.96. The molecule has 1 aliphatic rings. The van der Waals surface area contributed by atoms with Gasteiger partial charge in [0.2, 0.25) is 10.0 Å². The van der Waals surface area contributed by atoms with Gasteiger partial charge in [-0.05, 0) is 55.9 Å². The molecule has 0 spiro atoms. The molecule has 9 heteroatoms. The van der Waals surface area contributed by atoms with Crippen LogP contribution in [0.15, 0.2) is 52.3 Å². The Morgan fingerprint density at radius 2 is 1.86 bits per heavy atom. The molecular weight excluding hydrogens is 513 g/mol. The maximum atomic E-state index is 14.2. The van der Waals surface area contributed by atoms with Gasteiger partial charge in [0.05, 0.1) is 23.6 Å². The van der Waals surface area contributed by atoms with Gasteiger partial charge in [0, 0.05) is 29.9 Å². The van der Waals surface area contributed by atoms with Gasteiger partial charge in [-0.15, -0.1) is 23.5 Å². The molecular formula is C27H38N2O4S3. The molecule has 36 heavy (non-hydrogen) atoms. The smallest absolute Gasteiger partial charge is 0.315 e. The molecule has 0 amide bonds. The van der Waals surface area contributed by atoms with Crippen molar-refractivity contribution in [1.29, 1.82) is 0 Å². The van der Waals surface area contributed by atoms with E-state index in [1.165, 1.54) is 11.8 Å². The minimum absolute atomic E-state index is 0.234. The molecule has 3 rings (SSSR count). The lowest BCUT2D eigenvalue weighted by molar-refractivity contribution is -0.139. The number of benzene rings is 2. The minimum atomic E-state index is -3.76. The number of likely N-dealkylation sites (N-methyl/N-ethyl adjacent to an activating group) is 1. The van der Waals surface area contributed by atoms with Crippen molar-refractivity contribution in [2.24, 2.45) is 0 Å². The number of sulfonamides is 1. The maximum Gasteiger partial charge on any atom is 0.315 e. The van der Waals surface area contributed by atoms with Crippen molar-refractivity contribution >= 4 is 50.9 Å². The fourth-order valence-corrected chi connectivity index (χ4v) is 8.06. The summed E-state index contributed by atoms with van der Waals surface area (Å²) in [5, 5.41) is 0. The number of hydrogen-bond donors (Lipinski definition) is 0. The number of carbonyl (C=O) groups excluding carboxylic acids is 1. The lowest BCUT2D eigenvalue weighted by Gasteiger charge is -2.41. The quantitative estimate of drug-likeness (QED) is 0.240. The van der Waals surface area contributed by atoms with Crippen LogP contribution in [0.2, 0.25) is 0 Å². The summed E-state index contributed by atoms with van der Waals surface area (Å²) < 4.78 is 35.0. The van der Waals surface area contributed by atoms with Crippen LogP contribution in [0.1, 0.15) is 52.0 Å². The van der Waals surface area contributed by atoms with Crippen LogP contribution < -0.4 is 4.90 Å². The summed E-state index contributed by atoms with van der Waals surface area (Å²) >= 11 is 3.04. The van der Waals surface area contributed by atoms with Crippen LogP contribution in [-0.2, 0) is 25.3 Å². The fourth-order valence-electron chi connectivity index (χ4n) is 4.73. The fraction of sp³-hybridized carbons (Fsp3) is 0.519. The summed E-state index contributed by atoms with van der Waals surface area (Å²) in [6, 6.07) is 13.9. The van der Waals surface area contributed by atoms with E-state index < -0.39 is 15.6 Å². The number of unbranched alkanes of at least 4 members (excludes halogenated alkanes) is 1. The van der Waals surface area contributed by atoms with Crippen molar-refractivity contribution in [3.63, 3.8) is 0 Å². The van der Waals surface area contributed by atoms with E-state index in [4.69, 9.17) is 4.74 Å². The minimum Gasteiger partial charge on any atom is -0.465 e. The molecule has 1 heterocycles. The molecule has 6 nitrogen and oxygen atoms in total. The zero-order valence-electron chi connectivity index (χ0n) is 22.0. The average molecular weight is 551 g/mol. The second kappa shape index (κ2) is 12.7. The van der Waals surface area contributed by atoms with Crippen LogP contribution in [0.5, 0.6) is 0 Å². The Labute approximate surface area is 225 Å². The van der Waals surface area contributed by atoms with E-state index in [0.717, 1.165) is 41.8 Å². The van der Waals surface area contributed by atoms with E-state index in [1.54, 1.807) is 30.0 Å². The number of para-hydroxylation sites is 1. The summed E-state index contributed by atoms with van der Waals surface area (Å²) in [6.07, 6.45) is 5.48. The van der Waals surface area contributed by atoms with Crippen LogP contribution in [0.3, 0.4) is 0 Å². The van der Waals surface area contributed by atoms with Gasteiger partial charge in [0.1, 0.15) is 4.90 Å². The summed E-state index contributed by atoms with van der Waals surface area (Å²) in [5.74, 6) is 0.508. The van der Waals surface area contributed by atoms with E-state index in [9.17, 15) is 13.2 Å². The zero-order chi connectivity index (χ0) is 26.3. The van der Waals surface area contributed by atoms with E-state index in [1.807, 2.05) is 48.7 Å². The SMILES string of the molecule is CCCC[C@@]1(CC)CN(c2ccccc2)c2cc(SC)c(CSCC(=O)OCC)cc2S(=O)(=O)N1C. The highest BCUT2D eigenvalue weighted by molar-refractivity contribution is 7.99. The van der Waals surface area contributed by atoms with E-state index >= 15 is 0 Å². The first-order valence-corrected chi connectivity index (χ1v) is 16.3. The standard InChI is InChI=1S/C27H38N2O4S3/c1-6-9-15-27(7-2)20-29(22-13-11-10-12-14-22)23-17-24(34-5)21(18-35-19-26(30)33-8-3)16-25(23)36(31,32)28(27)4/h10-14,16-17H,6-9,15,18-20H2,1-5H3/t27-/m0/s1. The van der Waals surface area contributed by atoms with Gasteiger partial charge < -0.3 is 9.64 Å². The van der Waals surface area contributed by atoms with Crippen LogP contribution in [0.4, 0.5) is 11.4 Å². The summed E-state index contributed by atoms with van der Waals surface area (Å²) in [7, 11) is -2.02. The number of ether oxygens (including phenoxy) is 1. The normalized spacial score (nSPS) is 19.5. The van der Waals surface area contributed by atoms with Gasteiger partial charge in [0.15, 0.2) is 0 Å². The van der Waals surface area contributed by atoms with Crippen molar-refractivity contribution in [3.8, 4) is 0 Å². The number of hydrogen-bond acceptors (Lipinski definition) is 7. The highest BCUT2D eigenvalue weighted by Crippen LogP contribution is 2.45. The maximum absolute atomic E-state index is 14.2. The van der Waals surface area contributed by atoms with Crippen LogP contribution in [-0.4, -0.2) is 56.4 Å². The molecule has 2 aromatic rings. The first kappa shape index (κ1) is 28.9. The number of nitrogens with zero attached hydrogens (tertiary/aromatic N) is 2. The van der Waals surface area contributed by atoms with E-state index in [0.29, 0.717) is 29.5 Å². The van der Waals surface area contributed by atoms with Crippen molar-refractivity contribution < 1.29 is 17.9 Å². The summed E-state index contributed by atoms with van der Waals surface area (Å²) in [4.78, 5) is 15.4. The third-order valence-corrected chi connectivity index (χ3v) is 10.7. The van der Waals surface area contributed by atoms with Crippen LogP contribution in [0, 0.1) is 0 Å². The summed E-state index contributed by atoms with van der Waals surface area (Å²) in [5.41, 5.74) is 2.08. The van der Waals surface area contributed by atoms with Crippen LogP contribution >= 0.6 is 23.5 Å². The molecule has 0 bridgehead atoms. The Hall–Kier alpha value is -1.68. The van der Waals surface area contributed by atoms with Gasteiger partial charge in [-0.25, -0.2) is 8.42 Å². The predicted molar refractivity (Wildman–Crippen MR) is 152 cm³/mol. The third-order valence-electron chi connectivity index (χ3n) is 6.92. The second-order valence-electron chi connectivity index (χ2n) is 9.01. The first-order chi connectivity index (χ1) is 17.2. The molecule has 0 fully saturated rings. The molecule has 0 unspecified atom stereocenters.